The fourth-order valence-electron chi connectivity index (χ4n) is 5.27. The summed E-state index contributed by atoms with van der Waals surface area (Å²) in [6, 6.07) is 0. The number of carbonyl (C=O) groups excluding carboxylic acids is 2. The van der Waals surface area contributed by atoms with Gasteiger partial charge in [-0.1, -0.05) is 132 Å². The van der Waals surface area contributed by atoms with E-state index in [1.165, 1.54) is 38.5 Å². The average Bonchev–Trinajstić information content (AvgIpc) is 3.20. The summed E-state index contributed by atoms with van der Waals surface area (Å²) in [5, 5.41) is 19.9. The number of hydrogen-bond acceptors (Lipinski definition) is 11. The van der Waals surface area contributed by atoms with Crippen LogP contribution >= 0.6 is 15.6 Å². The Morgan fingerprint density at radius 1 is 0.550 bits per heavy atom. The van der Waals surface area contributed by atoms with E-state index >= 15 is 0 Å². The molecule has 0 aliphatic heterocycles. The molecule has 0 saturated heterocycles. The van der Waals surface area contributed by atoms with Crippen LogP contribution in [0.1, 0.15) is 149 Å². The standard InChI is InChI=1S/C44H76O14P2/c1-3-5-7-9-11-13-14-15-16-17-18-20-22-26-31-35-44(48)58-42(39-57-60(52,53)56-37-41(46)36-55-59(49,50)51)38-54-43(47)34-30-27-23-25-29-33-40(45)32-28-24-21-19-12-10-8-6-4-2/h11-13,15-16,19,23-25,28-29,33,40-42,45-46H,3-10,14,17-18,20-22,26-27,30-32,34-39H2,1-2H3,(H,52,53)(H2,49,50,51)/b13-11-,16-15-,19-12-,25-23+,28-24-,33-29-/t40?,41-,42+/m0/s1. The van der Waals surface area contributed by atoms with Crippen LogP contribution in [0.2, 0.25) is 0 Å². The first-order valence-electron chi connectivity index (χ1n) is 21.7. The predicted octanol–water partition coefficient (Wildman–Crippen LogP) is 9.98. The van der Waals surface area contributed by atoms with Gasteiger partial charge in [0.1, 0.15) is 12.7 Å². The molecular weight excluding hydrogens is 814 g/mol. The molecule has 16 heteroatoms. The number of rotatable bonds is 40. The molecule has 0 rings (SSSR count). The van der Waals surface area contributed by atoms with Crippen molar-refractivity contribution < 1.29 is 66.7 Å². The van der Waals surface area contributed by atoms with Crippen molar-refractivity contribution in [1.29, 1.82) is 0 Å². The lowest BCUT2D eigenvalue weighted by Crippen LogP contribution is -2.30. The van der Waals surface area contributed by atoms with E-state index in [1.807, 2.05) is 18.2 Å². The highest BCUT2D eigenvalue weighted by atomic mass is 31.2. The lowest BCUT2D eigenvalue weighted by Gasteiger charge is -2.20. The van der Waals surface area contributed by atoms with Crippen LogP contribution in [0, 0.1) is 0 Å². The third-order valence-electron chi connectivity index (χ3n) is 8.64. The predicted molar refractivity (Wildman–Crippen MR) is 236 cm³/mol. The van der Waals surface area contributed by atoms with E-state index < -0.39 is 72.3 Å². The molecule has 0 aliphatic rings. The minimum absolute atomic E-state index is 0.0538. The highest BCUT2D eigenvalue weighted by Crippen LogP contribution is 2.43. The fourth-order valence-corrected chi connectivity index (χ4v) is 6.43. The molecular formula is C44H76O14P2. The highest BCUT2D eigenvalue weighted by molar-refractivity contribution is 7.47. The molecule has 0 aromatic carbocycles. The molecule has 0 aromatic rings. The second-order valence-corrected chi connectivity index (χ2v) is 17.2. The second-order valence-electron chi connectivity index (χ2n) is 14.5. The first-order chi connectivity index (χ1) is 28.8. The third-order valence-corrected chi connectivity index (χ3v) is 10.1. The normalized spacial score (nSPS) is 15.2. The van der Waals surface area contributed by atoms with Crippen molar-refractivity contribution in [2.24, 2.45) is 0 Å². The number of phosphoric acid groups is 2. The number of phosphoric ester groups is 2. The summed E-state index contributed by atoms with van der Waals surface area (Å²) >= 11 is 0. The second kappa shape index (κ2) is 39.4. The molecule has 0 aliphatic carbocycles. The van der Waals surface area contributed by atoms with Gasteiger partial charge in [0.2, 0.25) is 0 Å². The van der Waals surface area contributed by atoms with E-state index in [0.717, 1.165) is 57.8 Å². The van der Waals surface area contributed by atoms with Crippen molar-refractivity contribution in [2.75, 3.05) is 26.4 Å². The minimum atomic E-state index is -4.88. The van der Waals surface area contributed by atoms with Gasteiger partial charge in [0, 0.05) is 12.8 Å². The number of carbonyl (C=O) groups is 2. The number of allylic oxidation sites excluding steroid dienone is 10. The van der Waals surface area contributed by atoms with Gasteiger partial charge in [-0.2, -0.15) is 0 Å². The Balaban J connectivity index is 4.73. The Bertz CT molecular complexity index is 1350. The maximum Gasteiger partial charge on any atom is 0.472 e. The Morgan fingerprint density at radius 3 is 1.68 bits per heavy atom. The number of esters is 2. The molecule has 0 saturated carbocycles. The van der Waals surface area contributed by atoms with Crippen LogP contribution in [0.25, 0.3) is 0 Å². The lowest BCUT2D eigenvalue weighted by molar-refractivity contribution is -0.161. The van der Waals surface area contributed by atoms with E-state index in [2.05, 4.69) is 59.4 Å². The Hall–Kier alpha value is -2.48. The van der Waals surface area contributed by atoms with Gasteiger partial charge >= 0.3 is 27.6 Å². The summed E-state index contributed by atoms with van der Waals surface area (Å²) in [5.74, 6) is -1.18. The minimum Gasteiger partial charge on any atom is -0.462 e. The Morgan fingerprint density at radius 2 is 1.07 bits per heavy atom. The maximum atomic E-state index is 12.6. The van der Waals surface area contributed by atoms with Crippen molar-refractivity contribution in [3.8, 4) is 0 Å². The van der Waals surface area contributed by atoms with Crippen molar-refractivity contribution in [1.82, 2.24) is 0 Å². The summed E-state index contributed by atoms with van der Waals surface area (Å²) in [5.41, 5.74) is 0. The number of ether oxygens (including phenoxy) is 2. The van der Waals surface area contributed by atoms with Crippen LogP contribution in [0.15, 0.2) is 72.9 Å². The molecule has 346 valence electrons. The van der Waals surface area contributed by atoms with Crippen molar-refractivity contribution in [2.45, 2.75) is 167 Å². The zero-order valence-corrected chi connectivity index (χ0v) is 37.9. The third kappa shape index (κ3) is 42.2. The van der Waals surface area contributed by atoms with Crippen molar-refractivity contribution in [3.05, 3.63) is 72.9 Å². The Labute approximate surface area is 359 Å². The van der Waals surface area contributed by atoms with Crippen LogP contribution in [0.3, 0.4) is 0 Å². The fraction of sp³-hybridized carbons (Fsp3) is 0.682. The van der Waals surface area contributed by atoms with Gasteiger partial charge in [0.05, 0.1) is 25.9 Å². The number of unbranched alkanes of at least 4 members (excludes halogenated alkanes) is 12. The van der Waals surface area contributed by atoms with Crippen LogP contribution in [-0.2, 0) is 41.8 Å². The molecule has 2 unspecified atom stereocenters. The summed E-state index contributed by atoms with van der Waals surface area (Å²) < 4.78 is 47.6. The molecule has 14 nitrogen and oxygen atoms in total. The topological polar surface area (TPSA) is 216 Å². The van der Waals surface area contributed by atoms with Crippen LogP contribution in [-0.4, -0.2) is 81.6 Å². The zero-order chi connectivity index (χ0) is 44.6. The number of aliphatic hydroxyl groups excluding tert-OH is 2. The molecule has 60 heavy (non-hydrogen) atoms. The van der Waals surface area contributed by atoms with Gasteiger partial charge in [0.15, 0.2) is 6.10 Å². The monoisotopic (exact) mass is 890 g/mol. The van der Waals surface area contributed by atoms with Gasteiger partial charge in [-0.05, 0) is 77.0 Å². The largest absolute Gasteiger partial charge is 0.472 e. The summed E-state index contributed by atoms with van der Waals surface area (Å²) in [6.07, 6.45) is 39.2. The molecule has 0 radical (unpaired) electrons. The molecule has 4 atom stereocenters. The summed E-state index contributed by atoms with van der Waals surface area (Å²) in [7, 11) is -9.73. The molecule has 0 bridgehead atoms. The van der Waals surface area contributed by atoms with Gasteiger partial charge < -0.3 is 34.4 Å². The molecule has 0 heterocycles. The molecule has 0 aromatic heterocycles. The number of hydrogen-bond donors (Lipinski definition) is 5. The first kappa shape index (κ1) is 57.5. The lowest BCUT2D eigenvalue weighted by atomic mass is 10.1. The molecule has 0 amide bonds. The van der Waals surface area contributed by atoms with Gasteiger partial charge in [-0.25, -0.2) is 9.13 Å². The molecule has 0 spiro atoms. The van der Waals surface area contributed by atoms with Gasteiger partial charge in [-0.15, -0.1) is 0 Å². The van der Waals surface area contributed by atoms with Crippen molar-refractivity contribution in [3.63, 3.8) is 0 Å². The van der Waals surface area contributed by atoms with Crippen LogP contribution in [0.4, 0.5) is 0 Å². The van der Waals surface area contributed by atoms with Crippen LogP contribution in [0.5, 0.6) is 0 Å². The quantitative estimate of drug-likeness (QED) is 0.0127. The smallest absolute Gasteiger partial charge is 0.462 e. The molecule has 0 fully saturated rings. The highest BCUT2D eigenvalue weighted by Gasteiger charge is 2.28. The summed E-state index contributed by atoms with van der Waals surface area (Å²) in [6.45, 7) is 1.51. The van der Waals surface area contributed by atoms with E-state index in [0.29, 0.717) is 25.7 Å². The SMILES string of the molecule is CCCCC/C=C\C/C=C\CCCCCCCC(=O)O[C@H](COC(=O)CCC/C=C/C=C\C(O)C/C=C\C/C=C\CCCCC)COP(=O)(O)OC[C@@H](O)COP(=O)(O)O. The van der Waals surface area contributed by atoms with E-state index in [4.69, 9.17) is 23.8 Å². The average molecular weight is 891 g/mol. The van der Waals surface area contributed by atoms with E-state index in [1.54, 1.807) is 18.2 Å². The number of aliphatic hydroxyl groups is 2. The maximum absolute atomic E-state index is 12.6. The molecule has 5 N–H and O–H groups in total. The van der Waals surface area contributed by atoms with E-state index in [-0.39, 0.29) is 12.8 Å². The zero-order valence-electron chi connectivity index (χ0n) is 36.1. The van der Waals surface area contributed by atoms with Crippen LogP contribution < -0.4 is 0 Å². The van der Waals surface area contributed by atoms with Gasteiger partial charge in [-0.3, -0.25) is 23.2 Å². The van der Waals surface area contributed by atoms with Gasteiger partial charge in [0.25, 0.3) is 0 Å². The summed E-state index contributed by atoms with van der Waals surface area (Å²) in [4.78, 5) is 52.6. The van der Waals surface area contributed by atoms with Crippen molar-refractivity contribution >= 4 is 27.6 Å². The van der Waals surface area contributed by atoms with E-state index in [9.17, 15) is 33.8 Å². The first-order valence-corrected chi connectivity index (χ1v) is 24.8. The Kier molecular flexibility index (Phi) is 37.7.